The van der Waals surface area contributed by atoms with E-state index in [-0.39, 0.29) is 5.91 Å². The molecule has 0 unspecified atom stereocenters. The first-order valence-corrected chi connectivity index (χ1v) is 10.0. The Labute approximate surface area is 177 Å². The molecule has 0 atom stereocenters. The number of thiazole rings is 1. The molecule has 0 radical (unpaired) electrons. The molecule has 6 heteroatoms. The third kappa shape index (κ3) is 4.22. The number of ether oxygens (including phenoxy) is 1. The lowest BCUT2D eigenvalue weighted by Crippen LogP contribution is -2.11. The van der Waals surface area contributed by atoms with Crippen LogP contribution in [0.5, 0.6) is 5.75 Å². The Hall–Kier alpha value is -3.95. The van der Waals surface area contributed by atoms with Crippen molar-refractivity contribution in [3.8, 4) is 11.8 Å². The highest BCUT2D eigenvalue weighted by Gasteiger charge is 2.10. The molecule has 0 bridgehead atoms. The van der Waals surface area contributed by atoms with Gasteiger partial charge in [0.1, 0.15) is 16.8 Å². The van der Waals surface area contributed by atoms with Gasteiger partial charge in [0.2, 0.25) is 0 Å². The van der Waals surface area contributed by atoms with Crippen LogP contribution < -0.4 is 10.1 Å². The molecule has 1 heterocycles. The van der Waals surface area contributed by atoms with Gasteiger partial charge in [0.15, 0.2) is 0 Å². The standard InChI is InChI=1S/C24H17N3O2S/c1-29-20-11-9-17(10-12-20)23(28)26-19-6-4-5-16(14-19)13-18(15-25)24-27-21-7-2-3-8-22(21)30-24/h2-14H,1H3,(H,26,28)/b18-13+. The van der Waals surface area contributed by atoms with Gasteiger partial charge in [-0.15, -0.1) is 11.3 Å². The molecule has 0 aliphatic heterocycles. The van der Waals surface area contributed by atoms with Crippen molar-refractivity contribution in [3.63, 3.8) is 0 Å². The van der Waals surface area contributed by atoms with Gasteiger partial charge < -0.3 is 10.1 Å². The average molecular weight is 411 g/mol. The number of para-hydroxylation sites is 1. The van der Waals surface area contributed by atoms with E-state index in [0.29, 0.717) is 27.6 Å². The summed E-state index contributed by atoms with van der Waals surface area (Å²) < 4.78 is 6.15. The Kier molecular flexibility index (Phi) is 5.55. The number of hydrogen-bond donors (Lipinski definition) is 1. The van der Waals surface area contributed by atoms with E-state index < -0.39 is 0 Å². The van der Waals surface area contributed by atoms with E-state index in [1.807, 2.05) is 48.5 Å². The number of anilines is 1. The minimum absolute atomic E-state index is 0.217. The lowest BCUT2D eigenvalue weighted by molar-refractivity contribution is 0.102. The summed E-state index contributed by atoms with van der Waals surface area (Å²) in [5.41, 5.74) is 3.34. The normalized spacial score (nSPS) is 11.1. The summed E-state index contributed by atoms with van der Waals surface area (Å²) in [6.45, 7) is 0. The molecule has 1 amide bonds. The maximum Gasteiger partial charge on any atom is 0.255 e. The van der Waals surface area contributed by atoms with Gasteiger partial charge in [0.25, 0.3) is 5.91 Å². The van der Waals surface area contributed by atoms with E-state index in [1.165, 1.54) is 11.3 Å². The van der Waals surface area contributed by atoms with Gasteiger partial charge in [-0.1, -0.05) is 24.3 Å². The maximum atomic E-state index is 12.5. The van der Waals surface area contributed by atoms with Crippen molar-refractivity contribution in [1.82, 2.24) is 4.98 Å². The Balaban J connectivity index is 1.57. The fourth-order valence-corrected chi connectivity index (χ4v) is 3.88. The van der Waals surface area contributed by atoms with Gasteiger partial charge in [-0.3, -0.25) is 4.79 Å². The van der Waals surface area contributed by atoms with Crippen molar-refractivity contribution in [3.05, 3.63) is 88.9 Å². The van der Waals surface area contributed by atoms with E-state index >= 15 is 0 Å². The van der Waals surface area contributed by atoms with Gasteiger partial charge in [-0.25, -0.2) is 4.98 Å². The molecule has 3 aromatic carbocycles. The molecule has 4 aromatic rings. The third-order valence-corrected chi connectivity index (χ3v) is 5.52. The highest BCUT2D eigenvalue weighted by molar-refractivity contribution is 7.19. The number of nitriles is 1. The minimum Gasteiger partial charge on any atom is -0.497 e. The van der Waals surface area contributed by atoms with Crippen molar-refractivity contribution < 1.29 is 9.53 Å². The molecule has 146 valence electrons. The van der Waals surface area contributed by atoms with Crippen LogP contribution in [-0.4, -0.2) is 18.0 Å². The second kappa shape index (κ2) is 8.60. The topological polar surface area (TPSA) is 75.0 Å². The minimum atomic E-state index is -0.217. The molecule has 0 fully saturated rings. The van der Waals surface area contributed by atoms with Crippen LogP contribution in [0.15, 0.2) is 72.8 Å². The van der Waals surface area contributed by atoms with E-state index in [0.717, 1.165) is 15.8 Å². The van der Waals surface area contributed by atoms with Crippen LogP contribution in [0.25, 0.3) is 21.9 Å². The number of amides is 1. The first kappa shape index (κ1) is 19.4. The molecule has 0 saturated carbocycles. The number of hydrogen-bond acceptors (Lipinski definition) is 5. The molecule has 1 N–H and O–H groups in total. The SMILES string of the molecule is COc1ccc(C(=O)Nc2cccc(/C=C(\C#N)c3nc4ccccc4s3)c2)cc1. The fourth-order valence-electron chi connectivity index (χ4n) is 2.95. The Morgan fingerprint density at radius 1 is 1.10 bits per heavy atom. The third-order valence-electron chi connectivity index (χ3n) is 4.45. The molecule has 30 heavy (non-hydrogen) atoms. The number of allylic oxidation sites excluding steroid dienone is 1. The zero-order valence-electron chi connectivity index (χ0n) is 16.1. The van der Waals surface area contributed by atoms with Gasteiger partial charge in [0, 0.05) is 11.3 Å². The fraction of sp³-hybridized carbons (Fsp3) is 0.0417. The summed E-state index contributed by atoms with van der Waals surface area (Å²) in [7, 11) is 1.58. The molecule has 1 aromatic heterocycles. The van der Waals surface area contributed by atoms with Crippen LogP contribution in [-0.2, 0) is 0 Å². The number of carbonyl (C=O) groups is 1. The van der Waals surface area contributed by atoms with Gasteiger partial charge in [-0.05, 0) is 60.2 Å². The molecular formula is C24H17N3O2S. The predicted octanol–water partition coefficient (Wildman–Crippen LogP) is 5.62. The van der Waals surface area contributed by atoms with Crippen LogP contribution in [0.3, 0.4) is 0 Å². The van der Waals surface area contributed by atoms with Gasteiger partial charge in [0.05, 0.1) is 22.9 Å². The largest absolute Gasteiger partial charge is 0.497 e. The summed E-state index contributed by atoms with van der Waals surface area (Å²) in [6, 6.07) is 24.3. The monoisotopic (exact) mass is 411 g/mol. The summed E-state index contributed by atoms with van der Waals surface area (Å²) in [6.07, 6.45) is 1.78. The lowest BCUT2D eigenvalue weighted by atomic mass is 10.1. The highest BCUT2D eigenvalue weighted by atomic mass is 32.1. The quantitative estimate of drug-likeness (QED) is 0.432. The van der Waals surface area contributed by atoms with E-state index in [9.17, 15) is 10.1 Å². The summed E-state index contributed by atoms with van der Waals surface area (Å²) in [5.74, 6) is 0.475. The molecule has 0 aliphatic carbocycles. The number of aromatic nitrogens is 1. The maximum absolute atomic E-state index is 12.5. The number of carbonyl (C=O) groups excluding carboxylic acids is 1. The Bertz CT molecular complexity index is 1250. The van der Waals surface area contributed by atoms with Crippen LogP contribution in [0, 0.1) is 11.3 Å². The predicted molar refractivity (Wildman–Crippen MR) is 120 cm³/mol. The molecule has 0 spiro atoms. The molecule has 4 rings (SSSR count). The number of fused-ring (bicyclic) bond motifs is 1. The van der Waals surface area contributed by atoms with Gasteiger partial charge in [-0.2, -0.15) is 5.26 Å². The van der Waals surface area contributed by atoms with Crippen molar-refractivity contribution in [2.75, 3.05) is 12.4 Å². The van der Waals surface area contributed by atoms with Crippen molar-refractivity contribution in [2.24, 2.45) is 0 Å². The Morgan fingerprint density at radius 3 is 2.63 bits per heavy atom. The van der Waals surface area contributed by atoms with E-state index in [2.05, 4.69) is 16.4 Å². The highest BCUT2D eigenvalue weighted by Crippen LogP contribution is 2.28. The number of rotatable bonds is 5. The van der Waals surface area contributed by atoms with E-state index in [4.69, 9.17) is 4.74 Å². The second-order valence-corrected chi connectivity index (χ2v) is 7.50. The van der Waals surface area contributed by atoms with Crippen LogP contribution in [0.2, 0.25) is 0 Å². The summed E-state index contributed by atoms with van der Waals surface area (Å²) in [5, 5.41) is 13.2. The Morgan fingerprint density at radius 2 is 1.90 bits per heavy atom. The van der Waals surface area contributed by atoms with Crippen molar-refractivity contribution in [1.29, 1.82) is 5.26 Å². The first-order chi connectivity index (χ1) is 14.7. The molecule has 0 aliphatic rings. The molecular weight excluding hydrogens is 394 g/mol. The smallest absolute Gasteiger partial charge is 0.255 e. The summed E-state index contributed by atoms with van der Waals surface area (Å²) in [4.78, 5) is 17.0. The molecule has 0 saturated heterocycles. The van der Waals surface area contributed by atoms with Crippen molar-refractivity contribution >= 4 is 44.8 Å². The first-order valence-electron chi connectivity index (χ1n) is 9.19. The molecule has 5 nitrogen and oxygen atoms in total. The lowest BCUT2D eigenvalue weighted by Gasteiger charge is -2.07. The zero-order chi connectivity index (χ0) is 20.9. The average Bonchev–Trinajstić information content (AvgIpc) is 3.22. The van der Waals surface area contributed by atoms with Crippen LogP contribution in [0.1, 0.15) is 20.9 Å². The van der Waals surface area contributed by atoms with Crippen molar-refractivity contribution in [2.45, 2.75) is 0 Å². The number of methoxy groups -OCH3 is 1. The van der Waals surface area contributed by atoms with E-state index in [1.54, 1.807) is 37.5 Å². The zero-order valence-corrected chi connectivity index (χ0v) is 16.9. The second-order valence-electron chi connectivity index (χ2n) is 6.46. The number of nitrogens with zero attached hydrogens (tertiary/aromatic N) is 2. The number of benzene rings is 3. The number of nitrogens with one attached hydrogen (secondary N) is 1. The van der Waals surface area contributed by atoms with Crippen LogP contribution >= 0.6 is 11.3 Å². The van der Waals surface area contributed by atoms with Crippen LogP contribution in [0.4, 0.5) is 5.69 Å². The summed E-state index contributed by atoms with van der Waals surface area (Å²) >= 11 is 1.48. The van der Waals surface area contributed by atoms with Gasteiger partial charge >= 0.3 is 0 Å².